The molecule has 0 amide bonds. The summed E-state index contributed by atoms with van der Waals surface area (Å²) in [6, 6.07) is 5.46. The molecule has 0 fully saturated rings. The van der Waals surface area contributed by atoms with Crippen molar-refractivity contribution in [3.8, 4) is 0 Å². The third-order valence-corrected chi connectivity index (χ3v) is 4.02. The molecule has 0 radical (unpaired) electrons. The lowest BCUT2D eigenvalue weighted by Gasteiger charge is -2.05. The lowest BCUT2D eigenvalue weighted by molar-refractivity contribution is -0.135. The largest absolute Gasteiger partial charge is 0.389 e. The number of nitrogens with one attached hydrogen (secondary N) is 1. The van der Waals surface area contributed by atoms with Crippen LogP contribution >= 0.6 is 22.9 Å². The Labute approximate surface area is 117 Å². The van der Waals surface area contributed by atoms with Crippen LogP contribution in [0.25, 0.3) is 10.2 Å². The molecule has 2 aromatic rings. The van der Waals surface area contributed by atoms with Crippen molar-refractivity contribution in [2.75, 3.05) is 11.9 Å². The van der Waals surface area contributed by atoms with Gasteiger partial charge in [0.25, 0.3) is 0 Å². The molecule has 1 aromatic heterocycles. The second-order valence-electron chi connectivity index (χ2n) is 4.11. The van der Waals surface area contributed by atoms with E-state index >= 15 is 0 Å². The predicted octanol–water partition coefficient (Wildman–Crippen LogP) is 5.09. The van der Waals surface area contributed by atoms with E-state index in [2.05, 4.69) is 10.3 Å². The zero-order chi connectivity index (χ0) is 13.9. The van der Waals surface area contributed by atoms with Crippen LogP contribution in [0.2, 0.25) is 5.02 Å². The minimum absolute atomic E-state index is 0.127. The Bertz CT molecular complexity index is 553. The van der Waals surface area contributed by atoms with Crippen LogP contribution in [-0.2, 0) is 0 Å². The van der Waals surface area contributed by atoms with E-state index in [1.807, 2.05) is 12.1 Å². The van der Waals surface area contributed by atoms with Gasteiger partial charge in [0.15, 0.2) is 5.13 Å². The molecule has 0 aliphatic rings. The number of halogens is 4. The number of fused-ring (bicyclic) bond motifs is 1. The number of hydrogen-bond acceptors (Lipinski definition) is 3. The van der Waals surface area contributed by atoms with E-state index in [0.717, 1.165) is 10.2 Å². The topological polar surface area (TPSA) is 24.9 Å². The summed E-state index contributed by atoms with van der Waals surface area (Å²) in [6.45, 7) is 0.480. The molecule has 2 nitrogen and oxygen atoms in total. The van der Waals surface area contributed by atoms with Crippen molar-refractivity contribution < 1.29 is 13.2 Å². The normalized spacial score (nSPS) is 12.0. The molecule has 0 aliphatic heterocycles. The molecule has 1 N–H and O–H groups in total. The number of alkyl halides is 3. The Morgan fingerprint density at radius 1 is 1.26 bits per heavy atom. The first-order chi connectivity index (χ1) is 8.96. The van der Waals surface area contributed by atoms with Gasteiger partial charge in [-0.1, -0.05) is 29.0 Å². The summed E-state index contributed by atoms with van der Waals surface area (Å²) in [4.78, 5) is 4.32. The van der Waals surface area contributed by atoms with Crippen LogP contribution < -0.4 is 5.32 Å². The minimum Gasteiger partial charge on any atom is -0.361 e. The van der Waals surface area contributed by atoms with Crippen LogP contribution in [0.4, 0.5) is 18.3 Å². The lowest BCUT2D eigenvalue weighted by atomic mass is 10.2. The summed E-state index contributed by atoms with van der Waals surface area (Å²) in [5, 5.41) is 4.36. The zero-order valence-corrected chi connectivity index (χ0v) is 11.5. The fourth-order valence-electron chi connectivity index (χ4n) is 1.64. The van der Waals surface area contributed by atoms with Gasteiger partial charge < -0.3 is 5.32 Å². The maximum Gasteiger partial charge on any atom is 0.389 e. The molecule has 0 aliphatic carbocycles. The van der Waals surface area contributed by atoms with Crippen molar-refractivity contribution in [1.82, 2.24) is 4.98 Å². The van der Waals surface area contributed by atoms with Gasteiger partial charge in [0, 0.05) is 13.0 Å². The number of aromatic nitrogens is 1. The summed E-state index contributed by atoms with van der Waals surface area (Å²) < 4.78 is 36.7. The number of benzene rings is 1. The highest BCUT2D eigenvalue weighted by Gasteiger charge is 2.25. The van der Waals surface area contributed by atoms with E-state index in [4.69, 9.17) is 11.6 Å². The Balaban J connectivity index is 1.84. The monoisotopic (exact) mass is 308 g/mol. The molecule has 0 atom stereocenters. The molecule has 7 heteroatoms. The van der Waals surface area contributed by atoms with Crippen LogP contribution in [0.15, 0.2) is 18.2 Å². The Hall–Kier alpha value is -1.01. The molecule has 0 unspecified atom stereocenters. The molecular formula is C12H12ClF3N2S. The summed E-state index contributed by atoms with van der Waals surface area (Å²) >= 11 is 7.43. The van der Waals surface area contributed by atoms with Crippen molar-refractivity contribution >= 4 is 38.3 Å². The van der Waals surface area contributed by atoms with Crippen molar-refractivity contribution in [2.24, 2.45) is 0 Å². The quantitative estimate of drug-likeness (QED) is 0.778. The number of nitrogens with zero attached hydrogens (tertiary/aromatic N) is 1. The number of hydrogen-bond donors (Lipinski definition) is 1. The fraction of sp³-hybridized carbons (Fsp3) is 0.417. The molecule has 0 saturated heterocycles. The summed E-state index contributed by atoms with van der Waals surface area (Å²) in [5.41, 5.74) is 0.801. The summed E-state index contributed by atoms with van der Waals surface area (Å²) in [6.07, 6.45) is -4.21. The molecular weight excluding hydrogens is 297 g/mol. The average Bonchev–Trinajstić information content (AvgIpc) is 2.71. The van der Waals surface area contributed by atoms with Crippen molar-refractivity contribution in [3.63, 3.8) is 0 Å². The number of anilines is 1. The molecule has 0 saturated carbocycles. The van der Waals surface area contributed by atoms with E-state index in [9.17, 15) is 13.2 Å². The molecule has 0 bridgehead atoms. The second kappa shape index (κ2) is 5.96. The van der Waals surface area contributed by atoms with Crippen molar-refractivity contribution in [3.05, 3.63) is 23.2 Å². The van der Waals surface area contributed by atoms with Crippen LogP contribution in [0.5, 0.6) is 0 Å². The molecule has 19 heavy (non-hydrogen) atoms. The highest BCUT2D eigenvalue weighted by molar-refractivity contribution is 7.22. The van der Waals surface area contributed by atoms with E-state index in [1.54, 1.807) is 6.07 Å². The first-order valence-corrected chi connectivity index (χ1v) is 7.01. The maximum atomic E-state index is 11.9. The number of unbranched alkanes of at least 4 members (excludes halogenated alkanes) is 1. The first-order valence-electron chi connectivity index (χ1n) is 5.81. The van der Waals surface area contributed by atoms with E-state index in [1.165, 1.54) is 11.3 Å². The standard InChI is InChI=1S/C12H12ClF3N2S/c13-8-4-3-5-9-10(8)19-11(18-9)17-7-2-1-6-12(14,15)16/h3-5H,1-2,6-7H2,(H,17,18). The zero-order valence-electron chi connectivity index (χ0n) is 9.93. The number of thiazole rings is 1. The predicted molar refractivity (Wildman–Crippen MR) is 73.0 cm³/mol. The average molecular weight is 309 g/mol. The third-order valence-electron chi connectivity index (χ3n) is 2.53. The molecule has 2 rings (SSSR count). The van der Waals surface area contributed by atoms with Gasteiger partial charge in [-0.25, -0.2) is 4.98 Å². The van der Waals surface area contributed by atoms with Gasteiger partial charge >= 0.3 is 6.18 Å². The SMILES string of the molecule is FC(F)(F)CCCCNc1nc2cccc(Cl)c2s1. The Kier molecular flexibility index (Phi) is 4.52. The van der Waals surface area contributed by atoms with Gasteiger partial charge in [-0.2, -0.15) is 13.2 Å². The summed E-state index contributed by atoms with van der Waals surface area (Å²) in [7, 11) is 0. The highest BCUT2D eigenvalue weighted by atomic mass is 35.5. The van der Waals surface area contributed by atoms with Gasteiger partial charge in [0.1, 0.15) is 0 Å². The first kappa shape index (κ1) is 14.4. The highest BCUT2D eigenvalue weighted by Crippen LogP contribution is 2.31. The fourth-order valence-corrected chi connectivity index (χ4v) is 2.82. The van der Waals surface area contributed by atoms with Crippen molar-refractivity contribution in [2.45, 2.75) is 25.4 Å². The van der Waals surface area contributed by atoms with Crippen molar-refractivity contribution in [1.29, 1.82) is 0 Å². The lowest BCUT2D eigenvalue weighted by Crippen LogP contribution is -2.08. The van der Waals surface area contributed by atoms with E-state index in [0.29, 0.717) is 23.1 Å². The third kappa shape index (κ3) is 4.24. The Morgan fingerprint density at radius 3 is 2.74 bits per heavy atom. The van der Waals surface area contributed by atoms with Crippen LogP contribution in [0.1, 0.15) is 19.3 Å². The van der Waals surface area contributed by atoms with Crippen LogP contribution in [-0.4, -0.2) is 17.7 Å². The minimum atomic E-state index is -4.07. The van der Waals surface area contributed by atoms with Gasteiger partial charge in [0.05, 0.1) is 15.2 Å². The van der Waals surface area contributed by atoms with E-state index in [-0.39, 0.29) is 6.42 Å². The maximum absolute atomic E-state index is 11.9. The molecule has 1 heterocycles. The Morgan fingerprint density at radius 2 is 2.05 bits per heavy atom. The molecule has 1 aromatic carbocycles. The van der Waals surface area contributed by atoms with Gasteiger partial charge in [-0.05, 0) is 25.0 Å². The van der Waals surface area contributed by atoms with Gasteiger partial charge in [-0.3, -0.25) is 0 Å². The van der Waals surface area contributed by atoms with Gasteiger partial charge in [-0.15, -0.1) is 0 Å². The smallest absolute Gasteiger partial charge is 0.361 e. The summed E-state index contributed by atoms with van der Waals surface area (Å²) in [5.74, 6) is 0. The molecule has 104 valence electrons. The second-order valence-corrected chi connectivity index (χ2v) is 5.51. The van der Waals surface area contributed by atoms with Crippen LogP contribution in [0.3, 0.4) is 0 Å². The van der Waals surface area contributed by atoms with E-state index < -0.39 is 12.6 Å². The number of rotatable bonds is 5. The van der Waals surface area contributed by atoms with Crippen LogP contribution in [0, 0.1) is 0 Å². The van der Waals surface area contributed by atoms with Gasteiger partial charge in [0.2, 0.25) is 0 Å². The molecule has 0 spiro atoms.